The number of fused-ring (bicyclic) bond motifs is 1. The van der Waals surface area contributed by atoms with Gasteiger partial charge >= 0.3 is 5.97 Å². The number of halogens is 1. The molecule has 0 N–H and O–H groups in total. The summed E-state index contributed by atoms with van der Waals surface area (Å²) in [7, 11) is -2.48. The van der Waals surface area contributed by atoms with Crippen LogP contribution < -0.4 is 0 Å². The highest BCUT2D eigenvalue weighted by Gasteiger charge is 2.39. The van der Waals surface area contributed by atoms with Crippen molar-refractivity contribution in [2.24, 2.45) is 0 Å². The number of hydrogen-bond acceptors (Lipinski definition) is 6. The van der Waals surface area contributed by atoms with E-state index in [4.69, 9.17) is 16.4 Å². The predicted molar refractivity (Wildman–Crippen MR) is 104 cm³/mol. The molecule has 0 aromatic heterocycles. The first kappa shape index (κ1) is 21.0. The summed E-state index contributed by atoms with van der Waals surface area (Å²) in [5, 5.41) is 0.253. The Bertz CT molecular complexity index is 1090. The monoisotopic (exact) mass is 436 g/mol. The van der Waals surface area contributed by atoms with Crippen molar-refractivity contribution in [3.8, 4) is 0 Å². The molecule has 1 heterocycles. The van der Waals surface area contributed by atoms with Gasteiger partial charge < -0.3 is 4.84 Å². The van der Waals surface area contributed by atoms with Crippen LogP contribution >= 0.6 is 11.6 Å². The smallest absolute Gasteiger partial charge is 0.324 e. The molecule has 0 atom stereocenters. The molecule has 0 saturated carbocycles. The molecule has 2 amide bonds. The summed E-state index contributed by atoms with van der Waals surface area (Å²) >= 11 is 6.03. The van der Waals surface area contributed by atoms with Crippen molar-refractivity contribution < 1.29 is 27.6 Å². The van der Waals surface area contributed by atoms with E-state index in [1.54, 1.807) is 26.0 Å². The SMILES string of the molecule is CC(C)N(C)S(=O)(=O)c1ccc(Cl)c(C(=O)ON2C(=O)c3ccccc3C2=O)c1. The maximum Gasteiger partial charge on any atom is 0.365 e. The Labute approximate surface area is 172 Å². The minimum absolute atomic E-state index is 0.0854. The lowest BCUT2D eigenvalue weighted by atomic mass is 10.1. The zero-order valence-corrected chi connectivity index (χ0v) is 17.3. The molecule has 2 aromatic carbocycles. The second-order valence-corrected chi connectivity index (χ2v) is 8.99. The van der Waals surface area contributed by atoms with Gasteiger partial charge in [-0.2, -0.15) is 4.31 Å². The van der Waals surface area contributed by atoms with Gasteiger partial charge in [-0.3, -0.25) is 9.59 Å². The van der Waals surface area contributed by atoms with Crippen molar-refractivity contribution in [3.63, 3.8) is 0 Å². The number of imide groups is 1. The average Bonchev–Trinajstić information content (AvgIpc) is 2.92. The normalized spacial score (nSPS) is 13.9. The summed E-state index contributed by atoms with van der Waals surface area (Å²) < 4.78 is 26.5. The maximum absolute atomic E-state index is 12.7. The molecule has 0 bridgehead atoms. The minimum atomic E-state index is -3.88. The summed E-state index contributed by atoms with van der Waals surface area (Å²) in [6, 6.07) is 9.26. The van der Waals surface area contributed by atoms with Gasteiger partial charge in [-0.1, -0.05) is 28.8 Å². The van der Waals surface area contributed by atoms with Gasteiger partial charge in [0.1, 0.15) is 0 Å². The van der Waals surface area contributed by atoms with E-state index in [-0.39, 0.29) is 32.7 Å². The lowest BCUT2D eigenvalue weighted by Crippen LogP contribution is -2.34. The van der Waals surface area contributed by atoms with Crippen LogP contribution in [0.4, 0.5) is 0 Å². The van der Waals surface area contributed by atoms with Crippen molar-refractivity contribution in [1.29, 1.82) is 0 Å². The fraction of sp³-hybridized carbons (Fsp3) is 0.211. The third-order valence-corrected chi connectivity index (χ3v) is 6.85. The summed E-state index contributed by atoms with van der Waals surface area (Å²) in [4.78, 5) is 42.1. The summed E-state index contributed by atoms with van der Waals surface area (Å²) in [5.74, 6) is -2.72. The minimum Gasteiger partial charge on any atom is -0.324 e. The Balaban J connectivity index is 1.91. The highest BCUT2D eigenvalue weighted by Crippen LogP contribution is 2.27. The molecule has 1 aliphatic rings. The summed E-state index contributed by atoms with van der Waals surface area (Å²) in [6.45, 7) is 3.40. The van der Waals surface area contributed by atoms with E-state index in [1.807, 2.05) is 0 Å². The topological polar surface area (TPSA) is 101 Å². The quantitative estimate of drug-likeness (QED) is 0.668. The van der Waals surface area contributed by atoms with Crippen LogP contribution in [0.25, 0.3) is 0 Å². The molecular weight excluding hydrogens is 420 g/mol. The molecule has 0 spiro atoms. The summed E-state index contributed by atoms with van der Waals surface area (Å²) in [6.07, 6.45) is 0. The zero-order chi connectivity index (χ0) is 21.5. The van der Waals surface area contributed by atoms with Crippen LogP contribution in [-0.2, 0) is 14.9 Å². The van der Waals surface area contributed by atoms with Crippen LogP contribution in [0.1, 0.15) is 44.9 Å². The van der Waals surface area contributed by atoms with Crippen molar-refractivity contribution >= 4 is 39.4 Å². The van der Waals surface area contributed by atoms with Crippen molar-refractivity contribution in [2.75, 3.05) is 7.05 Å². The van der Waals surface area contributed by atoms with Crippen LogP contribution in [0.5, 0.6) is 0 Å². The van der Waals surface area contributed by atoms with Gasteiger partial charge in [0.05, 0.1) is 26.6 Å². The number of rotatable bonds is 5. The molecule has 0 radical (unpaired) electrons. The number of hydroxylamine groups is 2. The van der Waals surface area contributed by atoms with Crippen LogP contribution in [0.15, 0.2) is 47.4 Å². The number of amides is 2. The second kappa shape index (κ2) is 7.58. The molecule has 8 nitrogen and oxygen atoms in total. The third kappa shape index (κ3) is 3.64. The van der Waals surface area contributed by atoms with Crippen molar-refractivity contribution in [3.05, 3.63) is 64.2 Å². The Morgan fingerprint density at radius 2 is 1.62 bits per heavy atom. The average molecular weight is 437 g/mol. The Morgan fingerprint density at radius 1 is 1.07 bits per heavy atom. The zero-order valence-electron chi connectivity index (χ0n) is 15.7. The molecule has 0 unspecified atom stereocenters. The molecule has 0 aliphatic carbocycles. The number of carbonyl (C=O) groups excluding carboxylic acids is 3. The van der Waals surface area contributed by atoms with E-state index in [2.05, 4.69) is 0 Å². The molecule has 3 rings (SSSR count). The van der Waals surface area contributed by atoms with Gasteiger partial charge in [0.25, 0.3) is 11.8 Å². The van der Waals surface area contributed by atoms with Crippen LogP contribution in [0, 0.1) is 0 Å². The lowest BCUT2D eigenvalue weighted by molar-refractivity contribution is -0.0584. The van der Waals surface area contributed by atoms with E-state index < -0.39 is 27.8 Å². The number of nitrogens with zero attached hydrogens (tertiary/aromatic N) is 2. The van der Waals surface area contributed by atoms with Crippen LogP contribution in [0.3, 0.4) is 0 Å². The number of sulfonamides is 1. The second-order valence-electron chi connectivity index (χ2n) is 6.59. The molecule has 2 aromatic rings. The van der Waals surface area contributed by atoms with Gasteiger partial charge in [-0.15, -0.1) is 0 Å². The largest absolute Gasteiger partial charge is 0.365 e. The Morgan fingerprint density at radius 3 is 2.14 bits per heavy atom. The van der Waals surface area contributed by atoms with Gasteiger partial charge in [0.2, 0.25) is 10.0 Å². The first-order valence-corrected chi connectivity index (χ1v) is 10.3. The van der Waals surface area contributed by atoms with Crippen LogP contribution in [0.2, 0.25) is 5.02 Å². The van der Waals surface area contributed by atoms with E-state index in [1.165, 1.54) is 31.3 Å². The Hall–Kier alpha value is -2.75. The molecule has 0 fully saturated rings. The predicted octanol–water partition coefficient (Wildman–Crippen LogP) is 2.74. The maximum atomic E-state index is 12.7. The van der Waals surface area contributed by atoms with E-state index >= 15 is 0 Å². The molecule has 0 saturated heterocycles. The van der Waals surface area contributed by atoms with Gasteiger partial charge in [-0.05, 0) is 44.2 Å². The fourth-order valence-electron chi connectivity index (χ4n) is 2.65. The van der Waals surface area contributed by atoms with Gasteiger partial charge in [0, 0.05) is 13.1 Å². The van der Waals surface area contributed by atoms with Crippen LogP contribution in [-0.4, -0.2) is 48.7 Å². The highest BCUT2D eigenvalue weighted by molar-refractivity contribution is 7.89. The standard InChI is InChI=1S/C19H17ClN2O6S/c1-11(2)21(3)29(26,27)12-8-9-16(20)15(10-12)19(25)28-22-17(23)13-6-4-5-7-14(13)18(22)24/h4-11H,1-3H3. The van der Waals surface area contributed by atoms with E-state index in [9.17, 15) is 22.8 Å². The molecule has 10 heteroatoms. The first-order valence-electron chi connectivity index (χ1n) is 8.53. The highest BCUT2D eigenvalue weighted by atomic mass is 35.5. The number of carbonyl (C=O) groups is 3. The number of benzene rings is 2. The third-order valence-electron chi connectivity index (χ3n) is 4.49. The fourth-order valence-corrected chi connectivity index (χ4v) is 4.24. The molecule has 152 valence electrons. The molecule has 1 aliphatic heterocycles. The van der Waals surface area contributed by atoms with E-state index in [0.717, 1.165) is 10.4 Å². The number of hydrogen-bond donors (Lipinski definition) is 0. The Kier molecular flexibility index (Phi) is 5.48. The van der Waals surface area contributed by atoms with Crippen molar-refractivity contribution in [2.45, 2.75) is 24.8 Å². The van der Waals surface area contributed by atoms with Crippen molar-refractivity contribution in [1.82, 2.24) is 9.37 Å². The summed E-state index contributed by atoms with van der Waals surface area (Å²) in [5.41, 5.74) is -0.0842. The lowest BCUT2D eigenvalue weighted by Gasteiger charge is -2.21. The first-order chi connectivity index (χ1) is 13.6. The molecular formula is C19H17ClN2O6S. The van der Waals surface area contributed by atoms with E-state index in [0.29, 0.717) is 5.06 Å². The molecule has 29 heavy (non-hydrogen) atoms. The van der Waals surface area contributed by atoms with Gasteiger partial charge in [0.15, 0.2) is 0 Å². The van der Waals surface area contributed by atoms with Gasteiger partial charge in [-0.25, -0.2) is 13.2 Å².